The third-order valence-corrected chi connectivity index (χ3v) is 4.84. The Morgan fingerprint density at radius 2 is 2.08 bits per heavy atom. The number of esters is 1. The van der Waals surface area contributed by atoms with Gasteiger partial charge in [0.25, 0.3) is 0 Å². The number of nitrogens with zero attached hydrogens (tertiary/aromatic N) is 3. The van der Waals surface area contributed by atoms with Crippen LogP contribution >= 0.6 is 23.4 Å². The molecule has 25 heavy (non-hydrogen) atoms. The highest BCUT2D eigenvalue weighted by Crippen LogP contribution is 2.28. The molecule has 6 nitrogen and oxygen atoms in total. The summed E-state index contributed by atoms with van der Waals surface area (Å²) >= 11 is 7.26. The van der Waals surface area contributed by atoms with Crippen LogP contribution in [0.5, 0.6) is 0 Å². The zero-order valence-corrected chi connectivity index (χ0v) is 15.3. The van der Waals surface area contributed by atoms with Crippen molar-refractivity contribution >= 4 is 29.3 Å². The number of carbonyl (C=O) groups excluding carboxylic acids is 1. The standard InChI is InChI=1S/C17H16ClN3O3S/c1-11(16(22)23-2)25-17-20-19-15(12-5-7-13(18)8-6-12)21(17)10-14-4-3-9-24-14/h3-9,11H,10H2,1-2H3/t11-/m0/s1. The molecule has 1 aromatic carbocycles. The van der Waals surface area contributed by atoms with Gasteiger partial charge in [-0.3, -0.25) is 9.36 Å². The first kappa shape index (κ1) is 17.6. The molecule has 0 amide bonds. The molecule has 130 valence electrons. The number of aromatic nitrogens is 3. The second-order valence-corrected chi connectivity index (χ2v) is 7.01. The van der Waals surface area contributed by atoms with Crippen molar-refractivity contribution in [2.24, 2.45) is 0 Å². The van der Waals surface area contributed by atoms with E-state index in [1.807, 2.05) is 28.8 Å². The Kier molecular flexibility index (Phi) is 5.45. The number of benzene rings is 1. The van der Waals surface area contributed by atoms with Crippen LogP contribution in [0.2, 0.25) is 5.02 Å². The molecule has 0 spiro atoms. The summed E-state index contributed by atoms with van der Waals surface area (Å²) in [5.41, 5.74) is 0.876. The zero-order chi connectivity index (χ0) is 17.8. The van der Waals surface area contributed by atoms with E-state index in [2.05, 4.69) is 10.2 Å². The van der Waals surface area contributed by atoms with Gasteiger partial charge < -0.3 is 9.15 Å². The fourth-order valence-electron chi connectivity index (χ4n) is 2.26. The van der Waals surface area contributed by atoms with Crippen molar-refractivity contribution in [3.63, 3.8) is 0 Å². The number of thioether (sulfide) groups is 1. The lowest BCUT2D eigenvalue weighted by Gasteiger charge is -2.11. The van der Waals surface area contributed by atoms with Crippen LogP contribution < -0.4 is 0 Å². The monoisotopic (exact) mass is 377 g/mol. The minimum absolute atomic E-state index is 0.314. The predicted molar refractivity (Wildman–Crippen MR) is 95.6 cm³/mol. The Morgan fingerprint density at radius 1 is 1.32 bits per heavy atom. The Balaban J connectivity index is 1.97. The van der Waals surface area contributed by atoms with Crippen molar-refractivity contribution in [3.05, 3.63) is 53.4 Å². The Bertz CT molecular complexity index is 847. The van der Waals surface area contributed by atoms with E-state index in [-0.39, 0.29) is 5.97 Å². The van der Waals surface area contributed by atoms with E-state index in [1.165, 1.54) is 18.9 Å². The van der Waals surface area contributed by atoms with Gasteiger partial charge in [0, 0.05) is 10.6 Å². The molecule has 0 saturated heterocycles. The molecule has 0 aliphatic heterocycles. The van der Waals surface area contributed by atoms with Crippen molar-refractivity contribution < 1.29 is 13.9 Å². The molecule has 8 heteroatoms. The zero-order valence-electron chi connectivity index (χ0n) is 13.7. The number of methoxy groups -OCH3 is 1. The molecule has 2 heterocycles. The molecule has 3 aromatic rings. The maximum atomic E-state index is 11.7. The van der Waals surface area contributed by atoms with Gasteiger partial charge in [0.1, 0.15) is 11.0 Å². The molecule has 0 aliphatic rings. The Morgan fingerprint density at radius 3 is 2.72 bits per heavy atom. The number of rotatable bonds is 6. The molecule has 1 atom stereocenters. The van der Waals surface area contributed by atoms with Gasteiger partial charge in [0.05, 0.1) is 19.9 Å². The van der Waals surface area contributed by atoms with E-state index in [0.29, 0.717) is 22.5 Å². The largest absolute Gasteiger partial charge is 0.468 e. The average Bonchev–Trinajstić information content (AvgIpc) is 3.26. The smallest absolute Gasteiger partial charge is 0.318 e. The Labute approximate surface area is 154 Å². The van der Waals surface area contributed by atoms with E-state index in [1.54, 1.807) is 25.3 Å². The number of hydrogen-bond acceptors (Lipinski definition) is 6. The number of halogens is 1. The topological polar surface area (TPSA) is 70.2 Å². The second-order valence-electron chi connectivity index (χ2n) is 5.26. The van der Waals surface area contributed by atoms with E-state index < -0.39 is 5.25 Å². The van der Waals surface area contributed by atoms with Crippen molar-refractivity contribution in [2.75, 3.05) is 7.11 Å². The molecule has 0 bridgehead atoms. The summed E-state index contributed by atoms with van der Waals surface area (Å²) in [6.07, 6.45) is 1.62. The summed E-state index contributed by atoms with van der Waals surface area (Å²) in [6.45, 7) is 2.22. The first-order valence-electron chi connectivity index (χ1n) is 7.54. The maximum Gasteiger partial charge on any atom is 0.318 e. The SMILES string of the molecule is COC(=O)[C@H](C)Sc1nnc(-c2ccc(Cl)cc2)n1Cc1ccco1. The lowest BCUT2D eigenvalue weighted by atomic mass is 10.2. The van der Waals surface area contributed by atoms with E-state index >= 15 is 0 Å². The summed E-state index contributed by atoms with van der Waals surface area (Å²) in [7, 11) is 1.37. The molecule has 2 aromatic heterocycles. The van der Waals surface area contributed by atoms with E-state index in [0.717, 1.165) is 11.3 Å². The molecule has 0 saturated carbocycles. The molecule has 0 radical (unpaired) electrons. The summed E-state index contributed by atoms with van der Waals surface area (Å²) in [4.78, 5) is 11.7. The van der Waals surface area contributed by atoms with Crippen molar-refractivity contribution in [1.82, 2.24) is 14.8 Å². The predicted octanol–water partition coefficient (Wildman–Crippen LogP) is 3.89. The lowest BCUT2D eigenvalue weighted by Crippen LogP contribution is -2.16. The second kappa shape index (κ2) is 7.76. The van der Waals surface area contributed by atoms with Gasteiger partial charge in [-0.25, -0.2) is 0 Å². The summed E-state index contributed by atoms with van der Waals surface area (Å²) in [6, 6.07) is 11.1. The van der Waals surface area contributed by atoms with Gasteiger partial charge in [0.15, 0.2) is 11.0 Å². The first-order chi connectivity index (χ1) is 12.1. The number of ether oxygens (including phenoxy) is 1. The molecule has 0 unspecified atom stereocenters. The molecule has 0 N–H and O–H groups in total. The molecule has 3 rings (SSSR count). The van der Waals surface area contributed by atoms with Gasteiger partial charge in [0.2, 0.25) is 0 Å². The highest BCUT2D eigenvalue weighted by molar-refractivity contribution is 8.00. The van der Waals surface area contributed by atoms with Gasteiger partial charge >= 0.3 is 5.97 Å². The summed E-state index contributed by atoms with van der Waals surface area (Å²) in [5.74, 6) is 1.13. The molecule has 0 aliphatic carbocycles. The summed E-state index contributed by atoms with van der Waals surface area (Å²) < 4.78 is 12.1. The van der Waals surface area contributed by atoms with Gasteiger partial charge in [-0.1, -0.05) is 23.4 Å². The van der Waals surface area contributed by atoms with Crippen molar-refractivity contribution in [2.45, 2.75) is 23.9 Å². The van der Waals surface area contributed by atoms with E-state index in [9.17, 15) is 4.79 Å². The fourth-order valence-corrected chi connectivity index (χ4v) is 3.26. The van der Waals surface area contributed by atoms with Crippen LogP contribution in [0.25, 0.3) is 11.4 Å². The molecule has 0 fully saturated rings. The number of hydrogen-bond donors (Lipinski definition) is 0. The van der Waals surface area contributed by atoms with Gasteiger partial charge in [-0.15, -0.1) is 10.2 Å². The lowest BCUT2D eigenvalue weighted by molar-refractivity contribution is -0.139. The van der Waals surface area contributed by atoms with Gasteiger partial charge in [-0.05, 0) is 43.3 Å². The van der Waals surface area contributed by atoms with E-state index in [4.69, 9.17) is 20.8 Å². The fraction of sp³-hybridized carbons (Fsp3) is 0.235. The van der Waals surface area contributed by atoms with Crippen LogP contribution in [-0.4, -0.2) is 33.1 Å². The molecular formula is C17H16ClN3O3S. The number of furan rings is 1. The average molecular weight is 378 g/mol. The highest BCUT2D eigenvalue weighted by atomic mass is 35.5. The van der Waals surface area contributed by atoms with Gasteiger partial charge in [-0.2, -0.15) is 0 Å². The molecular weight excluding hydrogens is 362 g/mol. The van der Waals surface area contributed by atoms with Crippen LogP contribution in [0.4, 0.5) is 0 Å². The maximum absolute atomic E-state index is 11.7. The van der Waals surface area contributed by atoms with Crippen LogP contribution in [0.15, 0.2) is 52.2 Å². The minimum Gasteiger partial charge on any atom is -0.468 e. The van der Waals surface area contributed by atoms with Crippen molar-refractivity contribution in [3.8, 4) is 11.4 Å². The van der Waals surface area contributed by atoms with Crippen LogP contribution in [0.3, 0.4) is 0 Å². The Hall–Kier alpha value is -2.25. The first-order valence-corrected chi connectivity index (χ1v) is 8.80. The summed E-state index contributed by atoms with van der Waals surface area (Å²) in [5, 5.41) is 9.39. The quantitative estimate of drug-likeness (QED) is 0.479. The van der Waals surface area contributed by atoms with Crippen molar-refractivity contribution in [1.29, 1.82) is 0 Å². The third-order valence-electron chi connectivity index (χ3n) is 3.53. The number of carbonyl (C=O) groups is 1. The van der Waals surface area contributed by atoms with Crippen LogP contribution in [0, 0.1) is 0 Å². The normalized spacial score (nSPS) is 12.1. The third kappa shape index (κ3) is 4.05. The van der Waals surface area contributed by atoms with Crippen LogP contribution in [0.1, 0.15) is 12.7 Å². The van der Waals surface area contributed by atoms with Crippen LogP contribution in [-0.2, 0) is 16.1 Å². The minimum atomic E-state index is -0.400. The highest BCUT2D eigenvalue weighted by Gasteiger charge is 2.21.